The predicted molar refractivity (Wildman–Crippen MR) is 70.0 cm³/mol. The van der Waals surface area contributed by atoms with Crippen molar-refractivity contribution in [3.8, 4) is 11.1 Å². The second kappa shape index (κ2) is 5.22. The molecule has 0 spiro atoms. The summed E-state index contributed by atoms with van der Waals surface area (Å²) in [5, 5.41) is 0.592. The van der Waals surface area contributed by atoms with Gasteiger partial charge in [-0.2, -0.15) is 4.39 Å². The second-order valence-corrected chi connectivity index (χ2v) is 4.65. The number of hydrogen-bond donors (Lipinski definition) is 0. The molecule has 0 N–H and O–H groups in total. The van der Waals surface area contributed by atoms with Gasteiger partial charge in [-0.3, -0.25) is 4.79 Å². The van der Waals surface area contributed by atoms with Crippen LogP contribution in [0.5, 0.6) is 0 Å². The first kappa shape index (κ1) is 13.3. The maximum Gasteiger partial charge on any atom is 0.221 e. The highest BCUT2D eigenvalue weighted by Crippen LogP contribution is 2.38. The first-order valence-corrected chi connectivity index (χ1v) is 5.92. The van der Waals surface area contributed by atoms with Crippen LogP contribution in [0.2, 0.25) is 15.1 Å². The van der Waals surface area contributed by atoms with E-state index in [2.05, 4.69) is 4.98 Å². The van der Waals surface area contributed by atoms with E-state index in [-0.39, 0.29) is 26.7 Å². The molecular formula is C12H5Cl3FNO. The number of nitrogens with zero attached hydrogens (tertiary/aromatic N) is 1. The first-order valence-electron chi connectivity index (χ1n) is 4.79. The average molecular weight is 305 g/mol. The molecule has 0 saturated heterocycles. The number of benzene rings is 1. The number of halogens is 4. The number of rotatable bonds is 2. The summed E-state index contributed by atoms with van der Waals surface area (Å²) in [4.78, 5) is 14.4. The van der Waals surface area contributed by atoms with Crippen LogP contribution in [-0.2, 0) is 0 Å². The Bertz CT molecular complexity index is 631. The van der Waals surface area contributed by atoms with E-state index in [0.717, 1.165) is 0 Å². The van der Waals surface area contributed by atoms with Gasteiger partial charge in [0.25, 0.3) is 0 Å². The highest BCUT2D eigenvalue weighted by atomic mass is 35.5. The normalized spacial score (nSPS) is 10.4. The highest BCUT2D eigenvalue weighted by Gasteiger charge is 2.17. The Morgan fingerprint density at radius 3 is 2.61 bits per heavy atom. The van der Waals surface area contributed by atoms with Gasteiger partial charge >= 0.3 is 0 Å². The van der Waals surface area contributed by atoms with Crippen LogP contribution >= 0.6 is 34.8 Å². The molecule has 0 unspecified atom stereocenters. The minimum atomic E-state index is -0.806. The zero-order chi connectivity index (χ0) is 13.3. The molecule has 1 aromatic carbocycles. The molecule has 0 radical (unpaired) electrons. The van der Waals surface area contributed by atoms with Crippen LogP contribution in [-0.4, -0.2) is 11.3 Å². The molecule has 6 heteroatoms. The molecule has 2 rings (SSSR count). The Hall–Kier alpha value is -1.16. The number of aldehydes is 1. The van der Waals surface area contributed by atoms with Crippen LogP contribution in [0.15, 0.2) is 24.4 Å². The summed E-state index contributed by atoms with van der Waals surface area (Å²) in [6.07, 6.45) is 1.72. The van der Waals surface area contributed by atoms with Crippen molar-refractivity contribution in [2.75, 3.05) is 0 Å². The van der Waals surface area contributed by atoms with Crippen molar-refractivity contribution in [3.63, 3.8) is 0 Å². The Labute approximate surface area is 117 Å². The van der Waals surface area contributed by atoms with Crippen molar-refractivity contribution >= 4 is 41.1 Å². The summed E-state index contributed by atoms with van der Waals surface area (Å²) in [6.45, 7) is 0. The van der Waals surface area contributed by atoms with Crippen LogP contribution in [0, 0.1) is 5.95 Å². The summed E-state index contributed by atoms with van der Waals surface area (Å²) in [6, 6.07) is 4.25. The smallest absolute Gasteiger partial charge is 0.221 e. The monoisotopic (exact) mass is 303 g/mol. The highest BCUT2D eigenvalue weighted by molar-refractivity contribution is 6.45. The lowest BCUT2D eigenvalue weighted by Crippen LogP contribution is -1.96. The number of pyridine rings is 1. The van der Waals surface area contributed by atoms with Gasteiger partial charge in [0.15, 0.2) is 6.29 Å². The summed E-state index contributed by atoms with van der Waals surface area (Å²) >= 11 is 17.7. The van der Waals surface area contributed by atoms with Crippen LogP contribution in [0.4, 0.5) is 4.39 Å². The molecule has 18 heavy (non-hydrogen) atoms. The Morgan fingerprint density at radius 1 is 1.22 bits per heavy atom. The van der Waals surface area contributed by atoms with Crippen molar-refractivity contribution in [1.82, 2.24) is 4.98 Å². The third kappa shape index (κ3) is 2.34. The largest absolute Gasteiger partial charge is 0.298 e. The Balaban J connectivity index is 2.80. The molecule has 0 bridgehead atoms. The molecule has 0 amide bonds. The summed E-state index contributed by atoms with van der Waals surface area (Å²) in [5.74, 6) is -0.806. The van der Waals surface area contributed by atoms with E-state index in [9.17, 15) is 9.18 Å². The maximum atomic E-state index is 13.8. The minimum absolute atomic E-state index is 0.0121. The van der Waals surface area contributed by atoms with Crippen LogP contribution in [0.3, 0.4) is 0 Å². The van der Waals surface area contributed by atoms with E-state index in [1.165, 1.54) is 24.4 Å². The fourth-order valence-corrected chi connectivity index (χ4v) is 2.25. The number of aromatic nitrogens is 1. The van der Waals surface area contributed by atoms with Crippen molar-refractivity contribution in [1.29, 1.82) is 0 Å². The summed E-state index contributed by atoms with van der Waals surface area (Å²) in [5.41, 5.74) is 0.353. The third-order valence-corrected chi connectivity index (χ3v) is 3.35. The molecule has 0 aliphatic heterocycles. The van der Waals surface area contributed by atoms with Crippen molar-refractivity contribution in [3.05, 3.63) is 51.0 Å². The lowest BCUT2D eigenvalue weighted by Gasteiger charge is -2.09. The molecule has 92 valence electrons. The first-order chi connectivity index (χ1) is 8.54. The van der Waals surface area contributed by atoms with Gasteiger partial charge in [-0.1, -0.05) is 34.8 Å². The zero-order valence-corrected chi connectivity index (χ0v) is 11.0. The minimum Gasteiger partial charge on any atom is -0.298 e. The molecular weight excluding hydrogens is 299 g/mol. The van der Waals surface area contributed by atoms with Gasteiger partial charge in [-0.05, 0) is 18.2 Å². The van der Waals surface area contributed by atoms with Gasteiger partial charge in [-0.15, -0.1) is 0 Å². The van der Waals surface area contributed by atoms with Gasteiger partial charge < -0.3 is 0 Å². The van der Waals surface area contributed by atoms with Crippen molar-refractivity contribution in [2.24, 2.45) is 0 Å². The molecule has 2 aromatic rings. The van der Waals surface area contributed by atoms with Crippen LogP contribution < -0.4 is 0 Å². The predicted octanol–water partition coefficient (Wildman–Crippen LogP) is 4.66. The summed E-state index contributed by atoms with van der Waals surface area (Å²) in [7, 11) is 0. The molecule has 1 heterocycles. The van der Waals surface area contributed by atoms with Gasteiger partial charge in [0.1, 0.15) is 0 Å². The topological polar surface area (TPSA) is 30.0 Å². The second-order valence-electron chi connectivity index (χ2n) is 3.43. The van der Waals surface area contributed by atoms with Gasteiger partial charge in [0, 0.05) is 27.9 Å². The van der Waals surface area contributed by atoms with E-state index < -0.39 is 5.95 Å². The van der Waals surface area contributed by atoms with E-state index in [1.807, 2.05) is 0 Å². The fourth-order valence-electron chi connectivity index (χ4n) is 1.55. The lowest BCUT2D eigenvalue weighted by atomic mass is 10.0. The number of carbonyl (C=O) groups is 1. The van der Waals surface area contributed by atoms with E-state index in [4.69, 9.17) is 34.8 Å². The van der Waals surface area contributed by atoms with Gasteiger partial charge in [-0.25, -0.2) is 4.98 Å². The Morgan fingerprint density at radius 2 is 1.94 bits per heavy atom. The van der Waals surface area contributed by atoms with Crippen LogP contribution in [0.25, 0.3) is 11.1 Å². The maximum absolute atomic E-state index is 13.8. The molecule has 0 aliphatic carbocycles. The average Bonchev–Trinajstić information content (AvgIpc) is 2.33. The Kier molecular flexibility index (Phi) is 3.85. The van der Waals surface area contributed by atoms with E-state index in [1.54, 1.807) is 0 Å². The molecule has 0 saturated carbocycles. The number of carbonyl (C=O) groups excluding carboxylic acids is 1. The lowest BCUT2D eigenvalue weighted by molar-refractivity contribution is 0.112. The molecule has 1 aromatic heterocycles. The zero-order valence-electron chi connectivity index (χ0n) is 8.75. The standard InChI is InChI=1S/C12H5Cl3FNO/c13-7-3-8(11(15)9(14)4-7)10-6(5-18)1-2-17-12(10)16/h1-5H. The summed E-state index contributed by atoms with van der Waals surface area (Å²) < 4.78 is 13.8. The van der Waals surface area contributed by atoms with Gasteiger partial charge in [0.2, 0.25) is 5.95 Å². The van der Waals surface area contributed by atoms with Crippen molar-refractivity contribution < 1.29 is 9.18 Å². The number of hydrogen-bond acceptors (Lipinski definition) is 2. The van der Waals surface area contributed by atoms with E-state index >= 15 is 0 Å². The molecule has 2 nitrogen and oxygen atoms in total. The van der Waals surface area contributed by atoms with E-state index in [0.29, 0.717) is 11.3 Å². The van der Waals surface area contributed by atoms with Gasteiger partial charge in [0.05, 0.1) is 10.0 Å². The van der Waals surface area contributed by atoms with Crippen LogP contribution in [0.1, 0.15) is 10.4 Å². The SMILES string of the molecule is O=Cc1ccnc(F)c1-c1cc(Cl)cc(Cl)c1Cl. The fraction of sp³-hybridized carbons (Fsp3) is 0. The molecule has 0 fully saturated rings. The quantitative estimate of drug-likeness (QED) is 0.459. The van der Waals surface area contributed by atoms with Crippen molar-refractivity contribution in [2.45, 2.75) is 0 Å². The molecule has 0 aliphatic rings. The third-order valence-electron chi connectivity index (χ3n) is 2.33. The molecule has 0 atom stereocenters.